The molecule has 1 aromatic heterocycles. The highest BCUT2D eigenvalue weighted by Gasteiger charge is 2.14. The number of thiazole rings is 1. The lowest BCUT2D eigenvalue weighted by molar-refractivity contribution is 0.528. The minimum atomic E-state index is 0.361. The zero-order valence-corrected chi connectivity index (χ0v) is 13.7. The number of nitrogens with zero attached hydrogens (tertiary/aromatic N) is 1. The van der Waals surface area contributed by atoms with E-state index >= 15 is 0 Å². The van der Waals surface area contributed by atoms with Crippen molar-refractivity contribution >= 4 is 11.3 Å². The standard InChI is InChI=1S/C17H24N2S/c1-5-9-18-16(15-8-6-7-12(2)10-15)11-17-19-13(3)14(4)20-17/h6-8,10,16,18H,5,9,11H2,1-4H3. The molecule has 0 radical (unpaired) electrons. The molecule has 0 bridgehead atoms. The third-order valence-electron chi connectivity index (χ3n) is 3.54. The molecule has 0 spiro atoms. The normalized spacial score (nSPS) is 12.6. The van der Waals surface area contributed by atoms with Gasteiger partial charge in [-0.05, 0) is 39.3 Å². The zero-order valence-electron chi connectivity index (χ0n) is 12.9. The lowest BCUT2D eigenvalue weighted by atomic mass is 10.0. The van der Waals surface area contributed by atoms with Gasteiger partial charge in [0.15, 0.2) is 0 Å². The fraction of sp³-hybridized carbons (Fsp3) is 0.471. The van der Waals surface area contributed by atoms with E-state index < -0.39 is 0 Å². The van der Waals surface area contributed by atoms with Crippen molar-refractivity contribution < 1.29 is 0 Å². The molecule has 1 aromatic carbocycles. The van der Waals surface area contributed by atoms with E-state index in [4.69, 9.17) is 0 Å². The van der Waals surface area contributed by atoms with Crippen LogP contribution in [0.5, 0.6) is 0 Å². The fourth-order valence-electron chi connectivity index (χ4n) is 2.31. The summed E-state index contributed by atoms with van der Waals surface area (Å²) in [5, 5.41) is 4.89. The van der Waals surface area contributed by atoms with Crippen molar-refractivity contribution in [2.45, 2.75) is 46.6 Å². The van der Waals surface area contributed by atoms with Crippen LogP contribution in [0.25, 0.3) is 0 Å². The SMILES string of the molecule is CCCNC(Cc1nc(C)c(C)s1)c1cccc(C)c1. The summed E-state index contributed by atoms with van der Waals surface area (Å²) in [6.07, 6.45) is 2.13. The van der Waals surface area contributed by atoms with Gasteiger partial charge in [-0.2, -0.15) is 0 Å². The lowest BCUT2D eigenvalue weighted by Gasteiger charge is -2.18. The maximum atomic E-state index is 4.68. The van der Waals surface area contributed by atoms with Crippen LogP contribution >= 0.6 is 11.3 Å². The van der Waals surface area contributed by atoms with Gasteiger partial charge in [0.25, 0.3) is 0 Å². The van der Waals surface area contributed by atoms with Crippen molar-refractivity contribution in [3.05, 3.63) is 51.0 Å². The van der Waals surface area contributed by atoms with E-state index in [9.17, 15) is 0 Å². The number of hydrogen-bond acceptors (Lipinski definition) is 3. The van der Waals surface area contributed by atoms with Crippen molar-refractivity contribution in [3.63, 3.8) is 0 Å². The Bertz CT molecular complexity index is 540. The summed E-state index contributed by atoms with van der Waals surface area (Å²) in [6.45, 7) is 9.64. The summed E-state index contributed by atoms with van der Waals surface area (Å²) in [7, 11) is 0. The van der Waals surface area contributed by atoms with Crippen molar-refractivity contribution in [2.75, 3.05) is 6.54 Å². The Balaban J connectivity index is 2.18. The first kappa shape index (κ1) is 15.2. The minimum Gasteiger partial charge on any atom is -0.310 e. The molecule has 0 aliphatic carbocycles. The van der Waals surface area contributed by atoms with Crippen LogP contribution in [0.1, 0.15) is 46.1 Å². The summed E-state index contributed by atoms with van der Waals surface area (Å²) in [6, 6.07) is 9.15. The molecule has 2 nitrogen and oxygen atoms in total. The Morgan fingerprint density at radius 1 is 1.25 bits per heavy atom. The molecule has 3 heteroatoms. The van der Waals surface area contributed by atoms with Crippen LogP contribution < -0.4 is 5.32 Å². The molecule has 0 fully saturated rings. The summed E-state index contributed by atoms with van der Waals surface area (Å²) in [4.78, 5) is 6.02. The highest BCUT2D eigenvalue weighted by atomic mass is 32.1. The molecular weight excluding hydrogens is 264 g/mol. The van der Waals surface area contributed by atoms with Crippen LogP contribution in [0.3, 0.4) is 0 Å². The van der Waals surface area contributed by atoms with Gasteiger partial charge in [-0.3, -0.25) is 0 Å². The van der Waals surface area contributed by atoms with Crippen LogP contribution in [0, 0.1) is 20.8 Å². The average Bonchev–Trinajstić information content (AvgIpc) is 2.73. The van der Waals surface area contributed by atoms with Gasteiger partial charge < -0.3 is 5.32 Å². The second-order valence-corrected chi connectivity index (χ2v) is 6.66. The first-order chi connectivity index (χ1) is 9.60. The van der Waals surface area contributed by atoms with Crippen molar-refractivity contribution in [1.82, 2.24) is 10.3 Å². The molecule has 0 saturated heterocycles. The number of benzene rings is 1. The van der Waals surface area contributed by atoms with Crippen LogP contribution in [-0.4, -0.2) is 11.5 Å². The predicted molar refractivity (Wildman–Crippen MR) is 87.5 cm³/mol. The van der Waals surface area contributed by atoms with Gasteiger partial charge >= 0.3 is 0 Å². The van der Waals surface area contributed by atoms with E-state index in [1.165, 1.54) is 26.7 Å². The molecule has 1 N–H and O–H groups in total. The molecule has 1 unspecified atom stereocenters. The second-order valence-electron chi connectivity index (χ2n) is 5.37. The zero-order chi connectivity index (χ0) is 14.5. The Labute approximate surface area is 126 Å². The summed E-state index contributed by atoms with van der Waals surface area (Å²) in [5.41, 5.74) is 3.85. The Hall–Kier alpha value is -1.19. The van der Waals surface area contributed by atoms with E-state index in [2.05, 4.69) is 62.3 Å². The Kier molecular flexibility index (Phi) is 5.32. The number of aromatic nitrogens is 1. The Morgan fingerprint density at radius 3 is 2.65 bits per heavy atom. The Morgan fingerprint density at radius 2 is 2.05 bits per heavy atom. The number of rotatable bonds is 6. The largest absolute Gasteiger partial charge is 0.310 e. The van der Waals surface area contributed by atoms with Crippen molar-refractivity contribution in [1.29, 1.82) is 0 Å². The molecule has 1 heterocycles. The van der Waals surface area contributed by atoms with Gasteiger partial charge in [-0.15, -0.1) is 11.3 Å². The topological polar surface area (TPSA) is 24.9 Å². The summed E-state index contributed by atoms with van der Waals surface area (Å²) in [5.74, 6) is 0. The van der Waals surface area contributed by atoms with E-state index in [-0.39, 0.29) is 0 Å². The maximum absolute atomic E-state index is 4.68. The van der Waals surface area contributed by atoms with Crippen LogP contribution in [-0.2, 0) is 6.42 Å². The summed E-state index contributed by atoms with van der Waals surface area (Å²) >= 11 is 1.82. The maximum Gasteiger partial charge on any atom is 0.0949 e. The van der Waals surface area contributed by atoms with E-state index in [1.807, 2.05) is 11.3 Å². The fourth-order valence-corrected chi connectivity index (χ4v) is 3.29. The van der Waals surface area contributed by atoms with Gasteiger partial charge in [-0.1, -0.05) is 36.8 Å². The molecule has 0 saturated carbocycles. The monoisotopic (exact) mass is 288 g/mol. The van der Waals surface area contributed by atoms with Gasteiger partial charge in [-0.25, -0.2) is 4.98 Å². The van der Waals surface area contributed by atoms with Crippen LogP contribution in [0.2, 0.25) is 0 Å². The van der Waals surface area contributed by atoms with Crippen LogP contribution in [0.15, 0.2) is 24.3 Å². The third-order valence-corrected chi connectivity index (χ3v) is 4.63. The van der Waals surface area contributed by atoms with E-state index in [1.54, 1.807) is 0 Å². The first-order valence-electron chi connectivity index (χ1n) is 7.33. The van der Waals surface area contributed by atoms with Crippen molar-refractivity contribution in [3.8, 4) is 0 Å². The van der Waals surface area contributed by atoms with Crippen molar-refractivity contribution in [2.24, 2.45) is 0 Å². The molecule has 0 aliphatic rings. The molecular formula is C17H24N2S. The van der Waals surface area contributed by atoms with Gasteiger partial charge in [0.2, 0.25) is 0 Å². The smallest absolute Gasteiger partial charge is 0.0949 e. The molecule has 0 amide bonds. The molecule has 108 valence electrons. The van der Waals surface area contributed by atoms with Crippen LogP contribution in [0.4, 0.5) is 0 Å². The lowest BCUT2D eigenvalue weighted by Crippen LogP contribution is -2.24. The molecule has 2 aromatic rings. The number of nitrogens with one attached hydrogen (secondary N) is 1. The molecule has 2 rings (SSSR count). The van der Waals surface area contributed by atoms with E-state index in [0.717, 1.165) is 19.4 Å². The number of aryl methyl sites for hydroxylation is 3. The number of hydrogen-bond donors (Lipinski definition) is 1. The second kappa shape index (κ2) is 7.00. The summed E-state index contributed by atoms with van der Waals surface area (Å²) < 4.78 is 0. The molecule has 1 atom stereocenters. The first-order valence-corrected chi connectivity index (χ1v) is 8.14. The average molecular weight is 288 g/mol. The van der Waals surface area contributed by atoms with Gasteiger partial charge in [0.05, 0.1) is 10.7 Å². The predicted octanol–water partition coefficient (Wildman–Crippen LogP) is 4.35. The van der Waals surface area contributed by atoms with Gasteiger partial charge in [0, 0.05) is 17.3 Å². The van der Waals surface area contributed by atoms with Gasteiger partial charge in [0.1, 0.15) is 0 Å². The highest BCUT2D eigenvalue weighted by molar-refractivity contribution is 7.11. The van der Waals surface area contributed by atoms with E-state index in [0.29, 0.717) is 6.04 Å². The third kappa shape index (κ3) is 3.90. The quantitative estimate of drug-likeness (QED) is 0.854. The minimum absolute atomic E-state index is 0.361. The molecule has 0 aliphatic heterocycles. The highest BCUT2D eigenvalue weighted by Crippen LogP contribution is 2.24. The molecule has 20 heavy (non-hydrogen) atoms.